The summed E-state index contributed by atoms with van der Waals surface area (Å²) in [4.78, 5) is 0. The van der Waals surface area contributed by atoms with Crippen LogP contribution in [0.4, 0.5) is 18.9 Å². The maximum absolute atomic E-state index is 13.5. The second kappa shape index (κ2) is 5.21. The first-order valence-corrected chi connectivity index (χ1v) is 6.39. The summed E-state index contributed by atoms with van der Waals surface area (Å²) in [7, 11) is 0. The highest BCUT2D eigenvalue weighted by molar-refractivity contribution is 5.46. The second-order valence-electron chi connectivity index (χ2n) is 5.37. The average molecular weight is 257 g/mol. The Hall–Kier alpha value is -1.19. The lowest BCUT2D eigenvalue weighted by molar-refractivity contribution is 0.276. The van der Waals surface area contributed by atoms with Crippen molar-refractivity contribution in [3.63, 3.8) is 0 Å². The predicted molar refractivity (Wildman–Crippen MR) is 65.9 cm³/mol. The van der Waals surface area contributed by atoms with Crippen molar-refractivity contribution in [1.29, 1.82) is 0 Å². The van der Waals surface area contributed by atoms with Crippen molar-refractivity contribution >= 4 is 5.69 Å². The molecule has 1 nitrogen and oxygen atoms in total. The van der Waals surface area contributed by atoms with Crippen molar-refractivity contribution < 1.29 is 13.2 Å². The molecule has 0 bridgehead atoms. The molecular formula is C14H18F3N. The first-order valence-electron chi connectivity index (χ1n) is 6.39. The van der Waals surface area contributed by atoms with Gasteiger partial charge in [-0.25, -0.2) is 13.2 Å². The van der Waals surface area contributed by atoms with Crippen molar-refractivity contribution in [2.24, 2.45) is 11.8 Å². The Kier molecular flexibility index (Phi) is 3.83. The maximum Gasteiger partial charge on any atom is 0.196 e. The van der Waals surface area contributed by atoms with Crippen molar-refractivity contribution in [3.05, 3.63) is 29.6 Å². The van der Waals surface area contributed by atoms with Gasteiger partial charge in [-0.05, 0) is 43.2 Å². The highest BCUT2D eigenvalue weighted by Crippen LogP contribution is 2.31. The fourth-order valence-electron chi connectivity index (χ4n) is 2.72. The number of hydrogen-bond acceptors (Lipinski definition) is 1. The van der Waals surface area contributed by atoms with E-state index in [1.807, 2.05) is 0 Å². The average Bonchev–Trinajstić information content (AvgIpc) is 2.33. The maximum atomic E-state index is 13.5. The molecular weight excluding hydrogens is 239 g/mol. The fraction of sp³-hybridized carbons (Fsp3) is 0.571. The molecule has 3 atom stereocenters. The molecule has 0 spiro atoms. The predicted octanol–water partition coefficient (Wildman–Crippen LogP) is 4.34. The van der Waals surface area contributed by atoms with Gasteiger partial charge in [-0.15, -0.1) is 0 Å². The molecule has 1 aromatic rings. The van der Waals surface area contributed by atoms with E-state index in [1.54, 1.807) is 0 Å². The molecule has 0 aliphatic heterocycles. The van der Waals surface area contributed by atoms with Crippen LogP contribution in [0, 0.1) is 29.3 Å². The molecule has 0 amide bonds. The van der Waals surface area contributed by atoms with Crippen LogP contribution in [0.2, 0.25) is 0 Å². The minimum Gasteiger partial charge on any atom is -0.380 e. The summed E-state index contributed by atoms with van der Waals surface area (Å²) in [6.07, 6.45) is 3.08. The largest absolute Gasteiger partial charge is 0.380 e. The van der Waals surface area contributed by atoms with E-state index in [9.17, 15) is 13.2 Å². The summed E-state index contributed by atoms with van der Waals surface area (Å²) in [5, 5.41) is 3.01. The zero-order chi connectivity index (χ0) is 13.3. The molecule has 1 saturated carbocycles. The standard InChI is InChI=1S/C14H18F3N/c1-8-3-5-11(9(2)7-8)18-12-6-4-10(15)13(16)14(12)17/h4,6,8-9,11,18H,3,5,7H2,1-2H3. The SMILES string of the molecule is CC1CCC(Nc2ccc(F)c(F)c2F)C(C)C1. The molecule has 0 radical (unpaired) electrons. The lowest BCUT2D eigenvalue weighted by atomic mass is 9.80. The molecule has 100 valence electrons. The first kappa shape index (κ1) is 13.2. The third-order valence-electron chi connectivity index (χ3n) is 3.81. The topological polar surface area (TPSA) is 12.0 Å². The molecule has 3 unspecified atom stereocenters. The van der Waals surface area contributed by atoms with E-state index >= 15 is 0 Å². The molecule has 0 saturated heterocycles. The van der Waals surface area contributed by atoms with Gasteiger partial charge in [0.1, 0.15) is 0 Å². The van der Waals surface area contributed by atoms with Crippen LogP contribution < -0.4 is 5.32 Å². The molecule has 4 heteroatoms. The molecule has 18 heavy (non-hydrogen) atoms. The van der Waals surface area contributed by atoms with Crippen LogP contribution in [0.15, 0.2) is 12.1 Å². The van der Waals surface area contributed by atoms with E-state index < -0.39 is 17.5 Å². The van der Waals surface area contributed by atoms with Gasteiger partial charge in [-0.3, -0.25) is 0 Å². The van der Waals surface area contributed by atoms with Crippen molar-refractivity contribution in [2.75, 3.05) is 5.32 Å². The molecule has 2 rings (SSSR count). The summed E-state index contributed by atoms with van der Waals surface area (Å²) in [5.41, 5.74) is 0.0558. The first-order chi connectivity index (χ1) is 8.49. The number of nitrogens with one attached hydrogen (secondary N) is 1. The molecule has 0 heterocycles. The number of benzene rings is 1. The summed E-state index contributed by atoms with van der Waals surface area (Å²) < 4.78 is 39.5. The van der Waals surface area contributed by atoms with Crippen LogP contribution in [0.5, 0.6) is 0 Å². The van der Waals surface area contributed by atoms with Crippen LogP contribution in [0.25, 0.3) is 0 Å². The van der Waals surface area contributed by atoms with E-state index in [0.29, 0.717) is 11.8 Å². The van der Waals surface area contributed by atoms with Gasteiger partial charge in [0.15, 0.2) is 17.5 Å². The van der Waals surface area contributed by atoms with Gasteiger partial charge in [0.25, 0.3) is 0 Å². The summed E-state index contributed by atoms with van der Waals surface area (Å²) in [6, 6.07) is 2.34. The zero-order valence-corrected chi connectivity index (χ0v) is 10.6. The highest BCUT2D eigenvalue weighted by atomic mass is 19.2. The molecule has 1 fully saturated rings. The van der Waals surface area contributed by atoms with Gasteiger partial charge in [0.05, 0.1) is 5.69 Å². The highest BCUT2D eigenvalue weighted by Gasteiger charge is 2.26. The number of halogens is 3. The monoisotopic (exact) mass is 257 g/mol. The van der Waals surface area contributed by atoms with Crippen LogP contribution in [0.1, 0.15) is 33.1 Å². The summed E-state index contributed by atoms with van der Waals surface area (Å²) >= 11 is 0. The lowest BCUT2D eigenvalue weighted by Gasteiger charge is -2.33. The third-order valence-corrected chi connectivity index (χ3v) is 3.81. The van der Waals surface area contributed by atoms with Crippen LogP contribution in [0.3, 0.4) is 0 Å². The van der Waals surface area contributed by atoms with Crippen LogP contribution in [-0.2, 0) is 0 Å². The Morgan fingerprint density at radius 1 is 1.06 bits per heavy atom. The third kappa shape index (κ3) is 2.62. The van der Waals surface area contributed by atoms with Crippen molar-refractivity contribution in [3.8, 4) is 0 Å². The van der Waals surface area contributed by atoms with Gasteiger partial charge < -0.3 is 5.32 Å². The Bertz CT molecular complexity index is 433. The smallest absolute Gasteiger partial charge is 0.196 e. The summed E-state index contributed by atoms with van der Waals surface area (Å²) in [6.45, 7) is 4.30. The Morgan fingerprint density at radius 2 is 1.78 bits per heavy atom. The molecule has 1 N–H and O–H groups in total. The van der Waals surface area contributed by atoms with Crippen molar-refractivity contribution in [2.45, 2.75) is 39.2 Å². The Balaban J connectivity index is 2.12. The van der Waals surface area contributed by atoms with Crippen LogP contribution in [-0.4, -0.2) is 6.04 Å². The van der Waals surface area contributed by atoms with Gasteiger partial charge >= 0.3 is 0 Å². The van der Waals surface area contributed by atoms with Crippen LogP contribution >= 0.6 is 0 Å². The Labute approximate surface area is 105 Å². The zero-order valence-electron chi connectivity index (χ0n) is 10.6. The second-order valence-corrected chi connectivity index (χ2v) is 5.37. The fourth-order valence-corrected chi connectivity index (χ4v) is 2.72. The van der Waals surface area contributed by atoms with E-state index in [4.69, 9.17) is 0 Å². The summed E-state index contributed by atoms with van der Waals surface area (Å²) in [5.74, 6) is -2.60. The van der Waals surface area contributed by atoms with E-state index in [2.05, 4.69) is 19.2 Å². The normalized spacial score (nSPS) is 28.2. The molecule has 1 aliphatic carbocycles. The van der Waals surface area contributed by atoms with E-state index in [-0.39, 0.29) is 11.7 Å². The van der Waals surface area contributed by atoms with Gasteiger partial charge in [0, 0.05) is 6.04 Å². The van der Waals surface area contributed by atoms with E-state index in [1.165, 1.54) is 6.07 Å². The lowest BCUT2D eigenvalue weighted by Crippen LogP contribution is -2.33. The van der Waals surface area contributed by atoms with Gasteiger partial charge in [-0.1, -0.05) is 13.8 Å². The Morgan fingerprint density at radius 3 is 2.44 bits per heavy atom. The molecule has 0 aromatic heterocycles. The minimum absolute atomic E-state index is 0.0558. The molecule has 1 aliphatic rings. The number of anilines is 1. The minimum atomic E-state index is -1.41. The number of rotatable bonds is 2. The molecule has 1 aromatic carbocycles. The van der Waals surface area contributed by atoms with Gasteiger partial charge in [0.2, 0.25) is 0 Å². The quantitative estimate of drug-likeness (QED) is 0.777. The van der Waals surface area contributed by atoms with Crippen molar-refractivity contribution in [1.82, 2.24) is 0 Å². The van der Waals surface area contributed by atoms with E-state index in [0.717, 1.165) is 25.3 Å². The van der Waals surface area contributed by atoms with Gasteiger partial charge in [-0.2, -0.15) is 0 Å². The number of hydrogen-bond donors (Lipinski definition) is 1.